The van der Waals surface area contributed by atoms with Gasteiger partial charge in [-0.3, -0.25) is 4.79 Å². The van der Waals surface area contributed by atoms with Crippen molar-refractivity contribution < 1.29 is 13.2 Å². The van der Waals surface area contributed by atoms with E-state index < -0.39 is 15.9 Å². The summed E-state index contributed by atoms with van der Waals surface area (Å²) in [4.78, 5) is 11.2. The van der Waals surface area contributed by atoms with Gasteiger partial charge in [-0.25, -0.2) is 13.1 Å². The molecule has 0 radical (unpaired) electrons. The molecule has 1 aliphatic rings. The van der Waals surface area contributed by atoms with E-state index in [1.807, 2.05) is 0 Å². The number of nitrogens with two attached hydrogens (primary N) is 2. The molecule has 0 bridgehead atoms. The lowest BCUT2D eigenvalue weighted by molar-refractivity contribution is 0.0992. The number of carbonyl (C=O) groups excluding carboxylic acids is 1. The molecule has 112 valence electrons. The molecule has 1 aromatic heterocycles. The van der Waals surface area contributed by atoms with Gasteiger partial charge in [0.15, 0.2) is 0 Å². The Bertz CT molecular complexity index is 600. The van der Waals surface area contributed by atoms with Crippen LogP contribution in [0.3, 0.4) is 0 Å². The summed E-state index contributed by atoms with van der Waals surface area (Å²) in [6, 6.07) is 1.35. The Labute approximate surface area is 118 Å². The van der Waals surface area contributed by atoms with Crippen LogP contribution in [-0.4, -0.2) is 31.0 Å². The van der Waals surface area contributed by atoms with Crippen LogP contribution in [0.4, 0.5) is 0 Å². The first kappa shape index (κ1) is 15.0. The van der Waals surface area contributed by atoms with Crippen molar-refractivity contribution in [3.63, 3.8) is 0 Å². The molecule has 0 aromatic carbocycles. The molecule has 20 heavy (non-hydrogen) atoms. The molecule has 1 saturated carbocycles. The lowest BCUT2D eigenvalue weighted by atomic mass is 9.93. The van der Waals surface area contributed by atoms with E-state index in [0.29, 0.717) is 0 Å². The molecule has 1 fully saturated rings. The molecule has 0 unspecified atom stereocenters. The number of nitrogens with one attached hydrogen (secondary N) is 1. The van der Waals surface area contributed by atoms with Crippen molar-refractivity contribution in [3.05, 3.63) is 18.0 Å². The van der Waals surface area contributed by atoms with Gasteiger partial charge < -0.3 is 16.0 Å². The van der Waals surface area contributed by atoms with Crippen LogP contribution in [0.15, 0.2) is 17.2 Å². The molecule has 2 rings (SSSR count). The molecular weight excluding hydrogens is 280 g/mol. The number of sulfonamides is 1. The number of aromatic nitrogens is 1. The maximum Gasteiger partial charge on any atom is 0.265 e. The van der Waals surface area contributed by atoms with Crippen molar-refractivity contribution in [3.8, 4) is 0 Å². The highest BCUT2D eigenvalue weighted by Gasteiger charge is 2.26. The van der Waals surface area contributed by atoms with Gasteiger partial charge in [0, 0.05) is 25.3 Å². The second-order valence-electron chi connectivity index (χ2n) is 5.27. The molecule has 1 amide bonds. The maximum atomic E-state index is 12.3. The molecule has 0 atom stereocenters. The van der Waals surface area contributed by atoms with Gasteiger partial charge >= 0.3 is 0 Å². The van der Waals surface area contributed by atoms with Crippen molar-refractivity contribution in [1.82, 2.24) is 9.29 Å². The van der Waals surface area contributed by atoms with Crippen molar-refractivity contribution in [2.75, 3.05) is 0 Å². The van der Waals surface area contributed by atoms with Crippen molar-refractivity contribution in [2.45, 2.75) is 42.7 Å². The Balaban J connectivity index is 2.14. The van der Waals surface area contributed by atoms with E-state index in [1.54, 1.807) is 7.05 Å². The SMILES string of the molecule is Cn1cc(S(=O)(=O)NC2CCC(N)CC2)cc1C(N)=O. The summed E-state index contributed by atoms with van der Waals surface area (Å²) in [5.41, 5.74) is 11.1. The predicted octanol–water partition coefficient (Wildman–Crippen LogP) is -0.328. The summed E-state index contributed by atoms with van der Waals surface area (Å²) < 4.78 is 28.6. The summed E-state index contributed by atoms with van der Waals surface area (Å²) in [7, 11) is -2.05. The predicted molar refractivity (Wildman–Crippen MR) is 74.5 cm³/mol. The van der Waals surface area contributed by atoms with Crippen molar-refractivity contribution in [1.29, 1.82) is 0 Å². The Morgan fingerprint density at radius 1 is 1.35 bits per heavy atom. The van der Waals surface area contributed by atoms with E-state index >= 15 is 0 Å². The summed E-state index contributed by atoms with van der Waals surface area (Å²) >= 11 is 0. The number of nitrogens with zero attached hydrogens (tertiary/aromatic N) is 1. The molecule has 0 spiro atoms. The number of amides is 1. The molecule has 0 saturated heterocycles. The topological polar surface area (TPSA) is 120 Å². The smallest absolute Gasteiger partial charge is 0.265 e. The minimum atomic E-state index is -3.63. The first-order valence-corrected chi connectivity index (χ1v) is 8.02. The third kappa shape index (κ3) is 3.20. The molecular formula is C12H20N4O3S. The highest BCUT2D eigenvalue weighted by Crippen LogP contribution is 2.20. The van der Waals surface area contributed by atoms with Crippen molar-refractivity contribution in [2.24, 2.45) is 18.5 Å². The average Bonchev–Trinajstić information content (AvgIpc) is 2.75. The first-order chi connectivity index (χ1) is 9.29. The average molecular weight is 300 g/mol. The normalized spacial score (nSPS) is 23.7. The number of primary amides is 1. The molecule has 1 heterocycles. The van der Waals surface area contributed by atoms with Gasteiger partial charge in [-0.15, -0.1) is 0 Å². The quantitative estimate of drug-likeness (QED) is 0.705. The van der Waals surface area contributed by atoms with Gasteiger partial charge in [-0.2, -0.15) is 0 Å². The zero-order valence-corrected chi connectivity index (χ0v) is 12.2. The Hall–Kier alpha value is -1.38. The van der Waals surface area contributed by atoms with Crippen LogP contribution in [-0.2, 0) is 17.1 Å². The summed E-state index contributed by atoms with van der Waals surface area (Å²) in [6.07, 6.45) is 4.48. The monoisotopic (exact) mass is 300 g/mol. The van der Waals surface area contributed by atoms with Gasteiger partial charge in [0.05, 0.1) is 0 Å². The van der Waals surface area contributed by atoms with Crippen LogP contribution in [0.25, 0.3) is 0 Å². The van der Waals surface area contributed by atoms with Crippen LogP contribution in [0.5, 0.6) is 0 Å². The first-order valence-electron chi connectivity index (χ1n) is 6.53. The van der Waals surface area contributed by atoms with Crippen molar-refractivity contribution >= 4 is 15.9 Å². The Kier molecular flexibility index (Phi) is 4.17. The zero-order valence-electron chi connectivity index (χ0n) is 11.4. The lowest BCUT2D eigenvalue weighted by Gasteiger charge is -2.26. The third-order valence-electron chi connectivity index (χ3n) is 3.64. The summed E-state index contributed by atoms with van der Waals surface area (Å²) in [5, 5.41) is 0. The van der Waals surface area contributed by atoms with Gasteiger partial charge in [0.25, 0.3) is 5.91 Å². The summed E-state index contributed by atoms with van der Waals surface area (Å²) in [5.74, 6) is -0.655. The molecule has 0 aliphatic heterocycles. The lowest BCUT2D eigenvalue weighted by Crippen LogP contribution is -2.40. The standard InChI is InChI=1S/C12H20N4O3S/c1-16-7-10(6-11(16)12(14)17)20(18,19)15-9-4-2-8(13)3-5-9/h6-9,15H,2-5,13H2,1H3,(H2,14,17). The van der Waals surface area contributed by atoms with Crippen LogP contribution < -0.4 is 16.2 Å². The van der Waals surface area contributed by atoms with Crippen LogP contribution >= 0.6 is 0 Å². The van der Waals surface area contributed by atoms with E-state index in [4.69, 9.17) is 11.5 Å². The van der Waals surface area contributed by atoms with E-state index in [1.165, 1.54) is 16.8 Å². The highest BCUT2D eigenvalue weighted by atomic mass is 32.2. The second-order valence-corrected chi connectivity index (χ2v) is 6.98. The van der Waals surface area contributed by atoms with E-state index in [9.17, 15) is 13.2 Å². The Morgan fingerprint density at radius 2 is 1.95 bits per heavy atom. The molecule has 1 aromatic rings. The van der Waals surface area contributed by atoms with Gasteiger partial charge in [0.1, 0.15) is 10.6 Å². The summed E-state index contributed by atoms with van der Waals surface area (Å²) in [6.45, 7) is 0. The molecule has 8 heteroatoms. The number of hydrogen-bond donors (Lipinski definition) is 3. The number of carbonyl (C=O) groups is 1. The minimum absolute atomic E-state index is 0.0590. The van der Waals surface area contributed by atoms with E-state index in [-0.39, 0.29) is 22.7 Å². The van der Waals surface area contributed by atoms with Gasteiger partial charge in [-0.05, 0) is 31.7 Å². The number of hydrogen-bond acceptors (Lipinski definition) is 4. The van der Waals surface area contributed by atoms with E-state index in [0.717, 1.165) is 25.7 Å². The fraction of sp³-hybridized carbons (Fsp3) is 0.583. The largest absolute Gasteiger partial charge is 0.364 e. The third-order valence-corrected chi connectivity index (χ3v) is 5.12. The number of aryl methyl sites for hydroxylation is 1. The fourth-order valence-corrected chi connectivity index (χ4v) is 3.82. The van der Waals surface area contributed by atoms with Crippen LogP contribution in [0, 0.1) is 0 Å². The van der Waals surface area contributed by atoms with Gasteiger partial charge in [-0.1, -0.05) is 0 Å². The second kappa shape index (κ2) is 5.55. The maximum absolute atomic E-state index is 12.3. The van der Waals surface area contributed by atoms with Crippen LogP contribution in [0.2, 0.25) is 0 Å². The Morgan fingerprint density at radius 3 is 2.45 bits per heavy atom. The number of rotatable bonds is 4. The highest BCUT2D eigenvalue weighted by molar-refractivity contribution is 7.89. The van der Waals surface area contributed by atoms with E-state index in [2.05, 4.69) is 4.72 Å². The molecule has 1 aliphatic carbocycles. The fourth-order valence-electron chi connectivity index (χ4n) is 2.45. The minimum Gasteiger partial charge on any atom is -0.364 e. The van der Waals surface area contributed by atoms with Crippen LogP contribution in [0.1, 0.15) is 36.2 Å². The molecule has 7 nitrogen and oxygen atoms in total. The van der Waals surface area contributed by atoms with Gasteiger partial charge in [0.2, 0.25) is 10.0 Å². The molecule has 5 N–H and O–H groups in total. The zero-order chi connectivity index (χ0) is 14.9.